The minimum Gasteiger partial charge on any atom is -0.325 e. The Bertz CT molecular complexity index is 784. The fraction of sp³-hybridized carbons (Fsp3) is 0.235. The number of carbonyl (C=O) groups is 1. The average Bonchev–Trinajstić information content (AvgIpc) is 2.77. The molecule has 3 atom stereocenters. The molecule has 0 saturated heterocycles. The molecule has 3 heteroatoms. The molecule has 0 radical (unpaired) electrons. The lowest BCUT2D eigenvalue weighted by Crippen LogP contribution is -2.25. The van der Waals surface area contributed by atoms with E-state index in [2.05, 4.69) is 45.5 Å². The topological polar surface area (TPSA) is 29.1 Å². The second kappa shape index (κ2) is 3.34. The summed E-state index contributed by atoms with van der Waals surface area (Å²) in [6.07, 6.45) is 1.00. The molecule has 2 nitrogen and oxygen atoms in total. The van der Waals surface area contributed by atoms with E-state index >= 15 is 0 Å². The van der Waals surface area contributed by atoms with Gasteiger partial charge < -0.3 is 5.32 Å². The van der Waals surface area contributed by atoms with Crippen LogP contribution in [0.2, 0.25) is 0 Å². The van der Waals surface area contributed by atoms with Crippen LogP contribution < -0.4 is 5.32 Å². The highest BCUT2D eigenvalue weighted by molar-refractivity contribution is 9.10. The third-order valence-electron chi connectivity index (χ3n) is 5.28. The van der Waals surface area contributed by atoms with Crippen LogP contribution in [0.3, 0.4) is 0 Å². The van der Waals surface area contributed by atoms with E-state index in [1.54, 1.807) is 0 Å². The predicted octanol–water partition coefficient (Wildman–Crippen LogP) is 3.61. The number of benzene rings is 2. The van der Waals surface area contributed by atoms with Crippen molar-refractivity contribution in [2.75, 3.05) is 5.32 Å². The summed E-state index contributed by atoms with van der Waals surface area (Å²) < 4.78 is 1.18. The van der Waals surface area contributed by atoms with Crippen molar-refractivity contribution in [2.24, 2.45) is 5.92 Å². The van der Waals surface area contributed by atoms with Crippen LogP contribution in [0.15, 0.2) is 46.9 Å². The van der Waals surface area contributed by atoms with Crippen molar-refractivity contribution >= 4 is 27.5 Å². The van der Waals surface area contributed by atoms with Gasteiger partial charge in [-0.05, 0) is 41.2 Å². The Labute approximate surface area is 125 Å². The molecule has 1 heterocycles. The Morgan fingerprint density at radius 1 is 1.15 bits per heavy atom. The number of hydrogen-bond acceptors (Lipinski definition) is 1. The molecule has 2 aliphatic carbocycles. The van der Waals surface area contributed by atoms with E-state index in [4.69, 9.17) is 0 Å². The summed E-state index contributed by atoms with van der Waals surface area (Å²) in [6.45, 7) is 0. The van der Waals surface area contributed by atoms with Crippen LogP contribution in [0.4, 0.5) is 5.69 Å². The van der Waals surface area contributed by atoms with Gasteiger partial charge in [0.25, 0.3) is 0 Å². The molecule has 2 aromatic rings. The van der Waals surface area contributed by atoms with Gasteiger partial charge in [0.2, 0.25) is 5.91 Å². The van der Waals surface area contributed by atoms with E-state index in [0.29, 0.717) is 11.8 Å². The van der Waals surface area contributed by atoms with Gasteiger partial charge in [-0.25, -0.2) is 0 Å². The number of nitrogens with one attached hydrogen (secondary N) is 1. The molecular weight excluding hydrogens is 314 g/mol. The van der Waals surface area contributed by atoms with Gasteiger partial charge in [0.05, 0.1) is 5.41 Å². The van der Waals surface area contributed by atoms with Crippen molar-refractivity contribution in [1.29, 1.82) is 0 Å². The monoisotopic (exact) mass is 325 g/mol. The zero-order valence-electron chi connectivity index (χ0n) is 10.7. The predicted molar refractivity (Wildman–Crippen MR) is 80.8 cm³/mol. The highest BCUT2D eigenvalue weighted by Gasteiger charge is 2.75. The van der Waals surface area contributed by atoms with E-state index in [0.717, 1.165) is 12.1 Å². The van der Waals surface area contributed by atoms with Gasteiger partial charge in [0.15, 0.2) is 0 Å². The molecule has 3 aliphatic rings. The molecule has 2 aromatic carbocycles. The van der Waals surface area contributed by atoms with Crippen LogP contribution in [0, 0.1) is 5.92 Å². The highest BCUT2D eigenvalue weighted by Crippen LogP contribution is 2.74. The molecule has 98 valence electrons. The zero-order chi connectivity index (χ0) is 13.5. The number of rotatable bonds is 0. The first-order chi connectivity index (χ1) is 9.74. The molecular formula is C17H12BrNO. The van der Waals surface area contributed by atoms with Crippen LogP contribution in [-0.2, 0) is 16.6 Å². The molecule has 0 aromatic heterocycles. The second-order valence-electron chi connectivity index (χ2n) is 5.96. The van der Waals surface area contributed by atoms with Gasteiger partial charge in [-0.1, -0.05) is 46.3 Å². The van der Waals surface area contributed by atoms with Crippen molar-refractivity contribution in [1.82, 2.24) is 0 Å². The van der Waals surface area contributed by atoms with Gasteiger partial charge in [-0.2, -0.15) is 0 Å². The average molecular weight is 326 g/mol. The zero-order valence-corrected chi connectivity index (χ0v) is 12.3. The van der Waals surface area contributed by atoms with E-state index in [1.165, 1.54) is 21.2 Å². The number of carbonyl (C=O) groups excluding carboxylic acids is 1. The SMILES string of the molecule is O=C1Nc2ccccc2C12C1Cc3c(Br)cccc3C12. The Kier molecular flexibility index (Phi) is 1.85. The van der Waals surface area contributed by atoms with Crippen LogP contribution >= 0.6 is 15.9 Å². The van der Waals surface area contributed by atoms with Crippen LogP contribution in [0.5, 0.6) is 0 Å². The summed E-state index contributed by atoms with van der Waals surface area (Å²) in [7, 11) is 0. The molecule has 1 amide bonds. The van der Waals surface area contributed by atoms with Crippen molar-refractivity contribution < 1.29 is 4.79 Å². The number of halogens is 1. The highest BCUT2D eigenvalue weighted by atomic mass is 79.9. The Balaban J connectivity index is 1.72. The number of para-hydroxylation sites is 1. The summed E-state index contributed by atoms with van der Waals surface area (Å²) in [5, 5.41) is 3.07. The Morgan fingerprint density at radius 3 is 2.90 bits per heavy atom. The molecule has 20 heavy (non-hydrogen) atoms. The molecule has 1 spiro atoms. The first kappa shape index (κ1) is 11.1. The lowest BCUT2D eigenvalue weighted by molar-refractivity contribution is -0.118. The van der Waals surface area contributed by atoms with Crippen molar-refractivity contribution in [3.05, 3.63) is 63.6 Å². The molecule has 1 fully saturated rings. The minimum atomic E-state index is -0.287. The fourth-order valence-corrected chi connectivity index (χ4v) is 5.02. The van der Waals surface area contributed by atoms with Gasteiger partial charge in [0, 0.05) is 16.1 Å². The number of anilines is 1. The van der Waals surface area contributed by atoms with E-state index in [1.807, 2.05) is 18.2 Å². The smallest absolute Gasteiger partial charge is 0.236 e. The quantitative estimate of drug-likeness (QED) is 0.787. The number of fused-ring (bicyclic) bond motifs is 7. The van der Waals surface area contributed by atoms with Crippen LogP contribution in [-0.4, -0.2) is 5.91 Å². The van der Waals surface area contributed by atoms with Gasteiger partial charge >= 0.3 is 0 Å². The van der Waals surface area contributed by atoms with Crippen LogP contribution in [0.1, 0.15) is 22.6 Å². The van der Waals surface area contributed by atoms with E-state index in [9.17, 15) is 4.79 Å². The van der Waals surface area contributed by atoms with E-state index < -0.39 is 0 Å². The normalized spacial score (nSPS) is 31.8. The maximum Gasteiger partial charge on any atom is 0.236 e. The number of amides is 1. The van der Waals surface area contributed by atoms with Gasteiger partial charge in [-0.3, -0.25) is 4.79 Å². The van der Waals surface area contributed by atoms with Gasteiger partial charge in [-0.15, -0.1) is 0 Å². The maximum absolute atomic E-state index is 12.6. The molecule has 0 bridgehead atoms. The number of hydrogen-bond donors (Lipinski definition) is 1. The molecule has 1 N–H and O–H groups in total. The first-order valence-electron chi connectivity index (χ1n) is 6.93. The summed E-state index contributed by atoms with van der Waals surface area (Å²) in [5.41, 5.74) is 4.67. The Morgan fingerprint density at radius 2 is 2.00 bits per heavy atom. The van der Waals surface area contributed by atoms with E-state index in [-0.39, 0.29) is 11.3 Å². The Hall–Kier alpha value is -1.61. The largest absolute Gasteiger partial charge is 0.325 e. The molecule has 1 saturated carbocycles. The maximum atomic E-state index is 12.6. The lowest BCUT2D eigenvalue weighted by Gasteiger charge is -2.15. The third-order valence-corrected chi connectivity index (χ3v) is 6.02. The summed E-state index contributed by atoms with van der Waals surface area (Å²) in [4.78, 5) is 12.6. The standard InChI is InChI=1S/C17H12BrNO/c18-13-6-3-4-9-10(13)8-12-15(9)17(12)11-5-1-2-7-14(11)19-16(17)20/h1-7,12,15H,8H2,(H,19,20). The van der Waals surface area contributed by atoms with Crippen molar-refractivity contribution in [3.8, 4) is 0 Å². The second-order valence-corrected chi connectivity index (χ2v) is 6.82. The van der Waals surface area contributed by atoms with Gasteiger partial charge in [0.1, 0.15) is 0 Å². The summed E-state index contributed by atoms with van der Waals surface area (Å²) >= 11 is 3.64. The van der Waals surface area contributed by atoms with Crippen molar-refractivity contribution in [3.63, 3.8) is 0 Å². The lowest BCUT2D eigenvalue weighted by atomic mass is 9.86. The molecule has 1 aliphatic heterocycles. The third kappa shape index (κ3) is 1.03. The minimum absolute atomic E-state index is 0.194. The summed E-state index contributed by atoms with van der Waals surface area (Å²) in [5.74, 6) is 0.984. The fourth-order valence-electron chi connectivity index (χ4n) is 4.48. The molecule has 5 rings (SSSR count). The first-order valence-corrected chi connectivity index (χ1v) is 7.72. The van der Waals surface area contributed by atoms with Crippen molar-refractivity contribution in [2.45, 2.75) is 17.8 Å². The molecule has 3 unspecified atom stereocenters. The summed E-state index contributed by atoms with van der Waals surface area (Å²) in [6, 6.07) is 14.5. The van der Waals surface area contributed by atoms with Crippen LogP contribution in [0.25, 0.3) is 0 Å².